The molecule has 1 unspecified atom stereocenters. The maximum atomic E-state index is 12.2. The van der Waals surface area contributed by atoms with Crippen molar-refractivity contribution in [2.75, 3.05) is 32.8 Å². The van der Waals surface area contributed by atoms with E-state index in [0.29, 0.717) is 12.6 Å². The topological polar surface area (TPSA) is 61.8 Å². The molecule has 2 N–H and O–H groups in total. The first-order valence-electron chi connectivity index (χ1n) is 8.60. The van der Waals surface area contributed by atoms with Crippen LogP contribution in [0.2, 0.25) is 0 Å². The van der Waals surface area contributed by atoms with Crippen molar-refractivity contribution in [2.24, 2.45) is 0 Å². The summed E-state index contributed by atoms with van der Waals surface area (Å²) in [6, 6.07) is 2.33. The number of nitrogens with zero attached hydrogens (tertiary/aromatic N) is 1. The molecule has 128 valence electrons. The molecule has 0 aliphatic carbocycles. The van der Waals surface area contributed by atoms with Crippen molar-refractivity contribution >= 4 is 17.2 Å². The van der Waals surface area contributed by atoms with Crippen LogP contribution in [0.3, 0.4) is 0 Å². The summed E-state index contributed by atoms with van der Waals surface area (Å²) in [5, 5.41) is 12.3. The number of aliphatic hydroxyl groups is 1. The molecule has 0 aromatic carbocycles. The first kappa shape index (κ1) is 16.9. The minimum atomic E-state index is 0.0406. The molecule has 5 nitrogen and oxygen atoms in total. The van der Waals surface area contributed by atoms with Crippen LogP contribution in [0.25, 0.3) is 0 Å². The lowest BCUT2D eigenvalue weighted by atomic mass is 10.2. The van der Waals surface area contributed by atoms with E-state index in [1.807, 2.05) is 6.07 Å². The zero-order chi connectivity index (χ0) is 16.1. The summed E-state index contributed by atoms with van der Waals surface area (Å²) in [6.07, 6.45) is 5.27. The average molecular weight is 338 g/mol. The van der Waals surface area contributed by atoms with Gasteiger partial charge in [-0.3, -0.25) is 9.69 Å². The lowest BCUT2D eigenvalue weighted by molar-refractivity contribution is 0.0955. The second kappa shape index (κ2) is 8.24. The zero-order valence-electron chi connectivity index (χ0n) is 13.6. The van der Waals surface area contributed by atoms with Crippen molar-refractivity contribution in [1.82, 2.24) is 10.2 Å². The Morgan fingerprint density at radius 3 is 3.22 bits per heavy atom. The van der Waals surface area contributed by atoms with Gasteiger partial charge in [-0.1, -0.05) is 0 Å². The molecule has 6 heteroatoms. The third kappa shape index (κ3) is 4.32. The van der Waals surface area contributed by atoms with Crippen molar-refractivity contribution in [1.29, 1.82) is 0 Å². The molecule has 1 saturated heterocycles. The molecule has 0 spiro atoms. The van der Waals surface area contributed by atoms with Crippen LogP contribution in [0.5, 0.6) is 0 Å². The predicted molar refractivity (Wildman–Crippen MR) is 90.9 cm³/mol. The van der Waals surface area contributed by atoms with Crippen LogP contribution in [0, 0.1) is 0 Å². The number of hydrogen-bond acceptors (Lipinski definition) is 5. The Morgan fingerprint density at radius 1 is 1.48 bits per heavy atom. The molecule has 1 fully saturated rings. The Bertz CT molecular complexity index is 508. The quantitative estimate of drug-likeness (QED) is 0.744. The predicted octanol–water partition coefficient (Wildman–Crippen LogP) is 1.79. The molecule has 3 heterocycles. The monoisotopic (exact) mass is 338 g/mol. The minimum absolute atomic E-state index is 0.0406. The van der Waals surface area contributed by atoms with E-state index in [9.17, 15) is 9.90 Å². The Kier molecular flexibility index (Phi) is 6.05. The van der Waals surface area contributed by atoms with Gasteiger partial charge in [0.15, 0.2) is 0 Å². The Balaban J connectivity index is 1.35. The van der Waals surface area contributed by atoms with Gasteiger partial charge in [-0.15, -0.1) is 11.3 Å². The molecule has 0 bridgehead atoms. The van der Waals surface area contributed by atoms with E-state index in [1.54, 1.807) is 11.3 Å². The molecular weight excluding hydrogens is 312 g/mol. The van der Waals surface area contributed by atoms with Crippen LogP contribution in [0.1, 0.15) is 45.8 Å². The van der Waals surface area contributed by atoms with Crippen LogP contribution < -0.4 is 5.32 Å². The van der Waals surface area contributed by atoms with E-state index in [4.69, 9.17) is 4.74 Å². The molecule has 23 heavy (non-hydrogen) atoms. The number of ether oxygens (including phenoxy) is 1. The zero-order valence-corrected chi connectivity index (χ0v) is 14.4. The van der Waals surface area contributed by atoms with Gasteiger partial charge >= 0.3 is 0 Å². The van der Waals surface area contributed by atoms with Gasteiger partial charge in [0.25, 0.3) is 5.91 Å². The lowest BCUT2D eigenvalue weighted by Gasteiger charge is -2.22. The van der Waals surface area contributed by atoms with E-state index >= 15 is 0 Å². The van der Waals surface area contributed by atoms with Crippen molar-refractivity contribution in [2.45, 2.75) is 44.8 Å². The van der Waals surface area contributed by atoms with E-state index in [1.165, 1.54) is 16.9 Å². The smallest absolute Gasteiger partial charge is 0.261 e. The molecule has 0 saturated carbocycles. The molecule has 1 amide bonds. The van der Waals surface area contributed by atoms with Crippen LogP contribution in [-0.2, 0) is 17.8 Å². The maximum Gasteiger partial charge on any atom is 0.261 e. The van der Waals surface area contributed by atoms with Gasteiger partial charge in [-0.25, -0.2) is 0 Å². The van der Waals surface area contributed by atoms with E-state index in [0.717, 1.165) is 56.8 Å². The highest BCUT2D eigenvalue weighted by Crippen LogP contribution is 2.26. The number of rotatable bonds is 7. The Morgan fingerprint density at radius 2 is 2.39 bits per heavy atom. The number of thiophene rings is 1. The summed E-state index contributed by atoms with van der Waals surface area (Å²) in [4.78, 5) is 16.7. The first-order valence-corrected chi connectivity index (χ1v) is 9.42. The average Bonchev–Trinajstić information content (AvgIpc) is 3.20. The minimum Gasteiger partial charge on any atom is -0.395 e. The number of aliphatic hydroxyl groups excluding tert-OH is 1. The number of nitrogens with one attached hydrogen (secondary N) is 1. The SMILES string of the molecule is O=C(NCCCCN1CCCC1CO)c1cc2c(s1)CCOC2. The van der Waals surface area contributed by atoms with E-state index < -0.39 is 0 Å². The van der Waals surface area contributed by atoms with Gasteiger partial charge in [0, 0.05) is 23.9 Å². The number of fused-ring (bicyclic) bond motifs is 1. The van der Waals surface area contributed by atoms with Crippen molar-refractivity contribution in [3.63, 3.8) is 0 Å². The Labute approximate surface area is 141 Å². The summed E-state index contributed by atoms with van der Waals surface area (Å²) >= 11 is 1.60. The fourth-order valence-corrected chi connectivity index (χ4v) is 4.45. The fraction of sp³-hybridized carbons (Fsp3) is 0.706. The van der Waals surface area contributed by atoms with Crippen molar-refractivity contribution < 1.29 is 14.6 Å². The Hall–Kier alpha value is -0.950. The molecular formula is C17H26N2O3S. The summed E-state index contributed by atoms with van der Waals surface area (Å²) in [5.41, 5.74) is 1.18. The number of hydrogen-bond donors (Lipinski definition) is 2. The highest BCUT2D eigenvalue weighted by molar-refractivity contribution is 7.14. The molecule has 1 aromatic rings. The summed E-state index contributed by atoms with van der Waals surface area (Å²) in [5.74, 6) is 0.0406. The van der Waals surface area contributed by atoms with Crippen molar-refractivity contribution in [3.05, 3.63) is 21.4 Å². The molecule has 1 atom stereocenters. The molecule has 0 radical (unpaired) electrons. The molecule has 2 aliphatic heterocycles. The van der Waals surface area contributed by atoms with Crippen molar-refractivity contribution in [3.8, 4) is 0 Å². The summed E-state index contributed by atoms with van der Waals surface area (Å²) in [6.45, 7) is 4.51. The second-order valence-electron chi connectivity index (χ2n) is 6.34. The van der Waals surface area contributed by atoms with E-state index in [-0.39, 0.29) is 12.5 Å². The number of carbonyl (C=O) groups is 1. The van der Waals surface area contributed by atoms with Gasteiger partial charge in [0.05, 0.1) is 24.7 Å². The van der Waals surface area contributed by atoms with Crippen LogP contribution in [0.15, 0.2) is 6.07 Å². The first-order chi connectivity index (χ1) is 11.3. The molecule has 1 aromatic heterocycles. The molecule has 2 aliphatic rings. The van der Waals surface area contributed by atoms with Gasteiger partial charge in [0.1, 0.15) is 0 Å². The normalized spacial score (nSPS) is 21.3. The maximum absolute atomic E-state index is 12.2. The number of carbonyl (C=O) groups excluding carboxylic acids is 1. The largest absolute Gasteiger partial charge is 0.395 e. The molecule has 3 rings (SSSR count). The van der Waals surface area contributed by atoms with E-state index in [2.05, 4.69) is 10.2 Å². The van der Waals surface area contributed by atoms with Gasteiger partial charge in [-0.2, -0.15) is 0 Å². The van der Waals surface area contributed by atoms with Gasteiger partial charge < -0.3 is 15.2 Å². The number of unbranched alkanes of at least 4 members (excludes halogenated alkanes) is 1. The van der Waals surface area contributed by atoms with Gasteiger partial charge in [0.2, 0.25) is 0 Å². The third-order valence-electron chi connectivity index (χ3n) is 4.72. The summed E-state index contributed by atoms with van der Waals surface area (Å²) in [7, 11) is 0. The number of amides is 1. The van der Waals surface area contributed by atoms with Crippen LogP contribution >= 0.6 is 11.3 Å². The van der Waals surface area contributed by atoms with Crippen LogP contribution in [-0.4, -0.2) is 54.8 Å². The fourth-order valence-electron chi connectivity index (χ4n) is 3.38. The third-order valence-corrected chi connectivity index (χ3v) is 5.95. The lowest BCUT2D eigenvalue weighted by Crippen LogP contribution is -2.33. The second-order valence-corrected chi connectivity index (χ2v) is 7.48. The highest BCUT2D eigenvalue weighted by Gasteiger charge is 2.22. The highest BCUT2D eigenvalue weighted by atomic mass is 32.1. The van der Waals surface area contributed by atoms with Crippen LogP contribution in [0.4, 0.5) is 0 Å². The van der Waals surface area contributed by atoms with Gasteiger partial charge in [-0.05, 0) is 50.4 Å². The standard InChI is InChI=1S/C17H26N2O3S/c20-11-14-4-3-8-19(14)7-2-1-6-18-17(21)16-10-13-12-22-9-5-15(13)23-16/h10,14,20H,1-9,11-12H2,(H,18,21). The summed E-state index contributed by atoms with van der Waals surface area (Å²) < 4.78 is 5.42. The number of likely N-dealkylation sites (tertiary alicyclic amines) is 1.